The van der Waals surface area contributed by atoms with Crippen LogP contribution in [0.15, 0.2) is 42.6 Å². The molecule has 1 atom stereocenters. The maximum Gasteiger partial charge on any atom is 0.251 e. The van der Waals surface area contributed by atoms with Crippen LogP contribution in [-0.2, 0) is 9.53 Å². The lowest BCUT2D eigenvalue weighted by Gasteiger charge is -2.43. The Bertz CT molecular complexity index is 1530. The molecule has 0 bridgehead atoms. The molecule has 3 aromatic rings. The summed E-state index contributed by atoms with van der Waals surface area (Å²) >= 11 is 0. The molecule has 230 valence electrons. The third kappa shape index (κ3) is 6.37. The van der Waals surface area contributed by atoms with Crippen molar-refractivity contribution in [2.45, 2.75) is 19.1 Å². The van der Waals surface area contributed by atoms with Gasteiger partial charge in [-0.2, -0.15) is 10.2 Å². The number of amides is 1. The van der Waals surface area contributed by atoms with Crippen molar-refractivity contribution in [3.8, 4) is 29.0 Å². The molecule has 0 radical (unpaired) electrons. The molecule has 3 fully saturated rings. The Hall–Kier alpha value is -4.51. The van der Waals surface area contributed by atoms with E-state index in [0.717, 1.165) is 50.6 Å². The van der Waals surface area contributed by atoms with E-state index in [-0.39, 0.29) is 11.8 Å². The number of hydrogen-bond acceptors (Lipinski definition) is 12. The molecular formula is C31H36N8O5. The molecular weight excluding hydrogens is 564 g/mol. The number of hydrogen-bond donors (Lipinski definition) is 2. The van der Waals surface area contributed by atoms with Gasteiger partial charge in [0.15, 0.2) is 0 Å². The summed E-state index contributed by atoms with van der Waals surface area (Å²) in [6.45, 7) is 8.28. The number of carbonyl (C=O) groups is 1. The van der Waals surface area contributed by atoms with Crippen LogP contribution >= 0.6 is 0 Å². The molecule has 6 rings (SSSR count). The van der Waals surface area contributed by atoms with E-state index in [4.69, 9.17) is 14.2 Å². The molecule has 13 heteroatoms. The number of aliphatic hydroxyl groups is 1. The zero-order chi connectivity index (χ0) is 30.6. The van der Waals surface area contributed by atoms with E-state index >= 15 is 0 Å². The normalized spacial score (nSPS) is 18.1. The van der Waals surface area contributed by atoms with Gasteiger partial charge in [0.25, 0.3) is 5.91 Å². The SMILES string of the molecule is COc1nc(Nc2nccc(-c3ccc(OCC4CN(C(=O)[C@H](C)O)C4)c(C#N)c3)n2)ccc1N1CCN(C2COC2)CC1. The quantitative estimate of drug-likeness (QED) is 0.350. The van der Waals surface area contributed by atoms with E-state index in [1.807, 2.05) is 18.2 Å². The Balaban J connectivity index is 1.08. The first-order valence-electron chi connectivity index (χ1n) is 14.8. The number of pyridine rings is 1. The van der Waals surface area contributed by atoms with Gasteiger partial charge in [0.1, 0.15) is 29.4 Å². The fraction of sp³-hybridized carbons (Fsp3) is 0.452. The Labute approximate surface area is 256 Å². The molecule has 3 aliphatic rings. The van der Waals surface area contributed by atoms with Gasteiger partial charge in [0, 0.05) is 56.9 Å². The molecule has 0 saturated carbocycles. The second-order valence-electron chi connectivity index (χ2n) is 11.2. The van der Waals surface area contributed by atoms with E-state index in [9.17, 15) is 15.2 Å². The van der Waals surface area contributed by atoms with Gasteiger partial charge >= 0.3 is 0 Å². The summed E-state index contributed by atoms with van der Waals surface area (Å²) in [5.74, 6) is 1.79. The second kappa shape index (κ2) is 13.0. The zero-order valence-electron chi connectivity index (χ0n) is 24.8. The molecule has 1 amide bonds. The Morgan fingerprint density at radius 3 is 2.64 bits per heavy atom. The number of nitrogens with one attached hydrogen (secondary N) is 1. The van der Waals surface area contributed by atoms with E-state index in [2.05, 4.69) is 36.1 Å². The number of benzene rings is 1. The number of ether oxygens (including phenoxy) is 3. The first-order valence-corrected chi connectivity index (χ1v) is 14.8. The van der Waals surface area contributed by atoms with Gasteiger partial charge in [-0.3, -0.25) is 9.69 Å². The molecule has 2 aromatic heterocycles. The lowest BCUT2D eigenvalue weighted by molar-refractivity contribution is -0.146. The largest absolute Gasteiger partial charge is 0.492 e. The summed E-state index contributed by atoms with van der Waals surface area (Å²) in [7, 11) is 1.62. The summed E-state index contributed by atoms with van der Waals surface area (Å²) in [5.41, 5.74) is 2.71. The molecule has 3 aliphatic heterocycles. The van der Waals surface area contributed by atoms with Gasteiger partial charge in [-0.05, 0) is 43.3 Å². The van der Waals surface area contributed by atoms with Gasteiger partial charge in [-0.1, -0.05) is 0 Å². The van der Waals surface area contributed by atoms with Crippen molar-refractivity contribution in [2.24, 2.45) is 5.92 Å². The summed E-state index contributed by atoms with van der Waals surface area (Å²) in [5, 5.41) is 22.4. The van der Waals surface area contributed by atoms with Crippen LogP contribution in [-0.4, -0.2) is 114 Å². The van der Waals surface area contributed by atoms with Crippen molar-refractivity contribution >= 4 is 23.4 Å². The maximum atomic E-state index is 11.8. The topological polar surface area (TPSA) is 149 Å². The number of nitriles is 1. The van der Waals surface area contributed by atoms with Crippen LogP contribution in [0.5, 0.6) is 11.6 Å². The predicted molar refractivity (Wildman–Crippen MR) is 162 cm³/mol. The van der Waals surface area contributed by atoms with Crippen LogP contribution in [0.25, 0.3) is 11.3 Å². The van der Waals surface area contributed by atoms with Gasteiger partial charge in [-0.15, -0.1) is 0 Å². The molecule has 0 aliphatic carbocycles. The van der Waals surface area contributed by atoms with Gasteiger partial charge in [0.05, 0.1) is 44.2 Å². The number of anilines is 3. The highest BCUT2D eigenvalue weighted by molar-refractivity contribution is 5.81. The molecule has 5 heterocycles. The lowest BCUT2D eigenvalue weighted by atomic mass is 10.0. The van der Waals surface area contributed by atoms with E-state index in [1.54, 1.807) is 36.4 Å². The number of aromatic nitrogens is 3. The third-order valence-electron chi connectivity index (χ3n) is 8.22. The van der Waals surface area contributed by atoms with Crippen LogP contribution in [0, 0.1) is 17.2 Å². The Morgan fingerprint density at radius 1 is 1.16 bits per heavy atom. The van der Waals surface area contributed by atoms with Crippen LogP contribution in [0.3, 0.4) is 0 Å². The fourth-order valence-corrected chi connectivity index (χ4v) is 5.58. The van der Waals surface area contributed by atoms with E-state index in [1.165, 1.54) is 6.92 Å². The van der Waals surface area contributed by atoms with Crippen LogP contribution in [0.4, 0.5) is 17.5 Å². The number of aliphatic hydroxyl groups excluding tert-OH is 1. The first-order chi connectivity index (χ1) is 21.4. The molecule has 1 aromatic carbocycles. The van der Waals surface area contributed by atoms with E-state index in [0.29, 0.717) is 60.4 Å². The molecule has 44 heavy (non-hydrogen) atoms. The Morgan fingerprint density at radius 2 is 1.95 bits per heavy atom. The minimum Gasteiger partial charge on any atom is -0.492 e. The van der Waals surface area contributed by atoms with Crippen molar-refractivity contribution in [3.63, 3.8) is 0 Å². The summed E-state index contributed by atoms with van der Waals surface area (Å²) in [6, 6.07) is 13.7. The number of carbonyl (C=O) groups excluding carboxylic acids is 1. The Kier molecular flexibility index (Phi) is 8.74. The number of piperazine rings is 1. The highest BCUT2D eigenvalue weighted by Gasteiger charge is 2.33. The number of rotatable bonds is 10. The van der Waals surface area contributed by atoms with Crippen molar-refractivity contribution in [3.05, 3.63) is 48.2 Å². The van der Waals surface area contributed by atoms with Crippen LogP contribution in [0.1, 0.15) is 12.5 Å². The van der Waals surface area contributed by atoms with Gasteiger partial charge in [0.2, 0.25) is 11.8 Å². The standard InChI is InChI=1S/C31H36N8O5/c1-20(40)30(41)39-15-21(16-39)17-44-27-5-3-22(13-23(27)14-32)25-7-8-33-31(34-25)36-28-6-4-26(29(35-28)42-2)38-11-9-37(10-12-38)24-18-43-19-24/h3-8,13,20-21,24,40H,9-12,15-19H2,1-2H3,(H,33,34,35,36)/t20-/m0/s1. The summed E-state index contributed by atoms with van der Waals surface area (Å²) < 4.78 is 16.9. The van der Waals surface area contributed by atoms with Gasteiger partial charge in [-0.25, -0.2) is 9.97 Å². The smallest absolute Gasteiger partial charge is 0.251 e. The lowest BCUT2D eigenvalue weighted by Crippen LogP contribution is -2.56. The average molecular weight is 601 g/mol. The van der Waals surface area contributed by atoms with Gasteiger partial charge < -0.3 is 34.4 Å². The second-order valence-corrected chi connectivity index (χ2v) is 11.2. The highest BCUT2D eigenvalue weighted by atomic mass is 16.5. The minimum absolute atomic E-state index is 0.151. The van der Waals surface area contributed by atoms with Crippen molar-refractivity contribution in [1.29, 1.82) is 5.26 Å². The van der Waals surface area contributed by atoms with Crippen LogP contribution < -0.4 is 19.7 Å². The van der Waals surface area contributed by atoms with Crippen molar-refractivity contribution in [2.75, 3.05) is 76.4 Å². The first kappa shape index (κ1) is 29.6. The molecule has 2 N–H and O–H groups in total. The van der Waals surface area contributed by atoms with Crippen molar-refractivity contribution < 1.29 is 24.1 Å². The summed E-state index contributed by atoms with van der Waals surface area (Å²) in [4.78, 5) is 31.9. The maximum absolute atomic E-state index is 11.8. The summed E-state index contributed by atoms with van der Waals surface area (Å²) in [6.07, 6.45) is 0.645. The zero-order valence-corrected chi connectivity index (χ0v) is 24.8. The number of methoxy groups -OCH3 is 1. The van der Waals surface area contributed by atoms with Crippen molar-refractivity contribution in [1.82, 2.24) is 24.8 Å². The fourth-order valence-electron chi connectivity index (χ4n) is 5.58. The minimum atomic E-state index is -1.00. The number of likely N-dealkylation sites (tertiary alicyclic amines) is 1. The molecule has 0 unspecified atom stereocenters. The van der Waals surface area contributed by atoms with E-state index < -0.39 is 6.10 Å². The van der Waals surface area contributed by atoms with Crippen LogP contribution in [0.2, 0.25) is 0 Å². The monoisotopic (exact) mass is 600 g/mol. The molecule has 3 saturated heterocycles. The highest BCUT2D eigenvalue weighted by Crippen LogP contribution is 2.31. The third-order valence-corrected chi connectivity index (χ3v) is 8.22. The molecule has 0 spiro atoms. The average Bonchev–Trinajstić information content (AvgIpc) is 2.99. The predicted octanol–water partition coefficient (Wildman–Crippen LogP) is 1.90. The molecule has 13 nitrogen and oxygen atoms in total. The number of nitrogens with zero attached hydrogens (tertiary/aromatic N) is 7.